The molecule has 0 aromatic heterocycles. The Kier molecular flexibility index (Phi) is 3.35. The zero-order valence-corrected chi connectivity index (χ0v) is 10.9. The van der Waals surface area contributed by atoms with Gasteiger partial charge in [0.25, 0.3) is 0 Å². The van der Waals surface area contributed by atoms with Crippen LogP contribution in [-0.2, 0) is 4.74 Å². The number of nitrogens with two attached hydrogens (primary N) is 1. The van der Waals surface area contributed by atoms with E-state index in [-0.39, 0.29) is 0 Å². The van der Waals surface area contributed by atoms with Gasteiger partial charge in [-0.3, -0.25) is 0 Å². The fourth-order valence-corrected chi connectivity index (χ4v) is 2.47. The number of nitrogen functional groups attached to an aromatic ring is 1. The topological polar surface area (TPSA) is 38.5 Å². The lowest BCUT2D eigenvalue weighted by Gasteiger charge is -2.20. The second-order valence-corrected chi connectivity index (χ2v) is 5.04. The third-order valence-corrected chi connectivity index (χ3v) is 3.48. The highest BCUT2D eigenvalue weighted by Crippen LogP contribution is 2.28. The highest BCUT2D eigenvalue weighted by molar-refractivity contribution is 14.1. The predicted molar refractivity (Wildman–Crippen MR) is 71.2 cm³/mol. The van der Waals surface area contributed by atoms with Crippen LogP contribution in [0.4, 0.5) is 11.4 Å². The summed E-state index contributed by atoms with van der Waals surface area (Å²) in [5.74, 6) is 0. The predicted octanol–water partition coefficient (Wildman–Crippen LogP) is 2.10. The number of methoxy groups -OCH3 is 1. The van der Waals surface area contributed by atoms with E-state index in [0.717, 1.165) is 30.9 Å². The zero-order chi connectivity index (χ0) is 10.8. The molecule has 0 radical (unpaired) electrons. The first-order valence-electron chi connectivity index (χ1n) is 5.03. The molecule has 2 N–H and O–H groups in total. The highest BCUT2D eigenvalue weighted by atomic mass is 127. The molecule has 0 bridgehead atoms. The maximum absolute atomic E-state index is 6.00. The second-order valence-electron chi connectivity index (χ2n) is 3.80. The Labute approximate surface area is 104 Å². The molecule has 0 saturated carbocycles. The fraction of sp³-hybridized carbons (Fsp3) is 0.455. The van der Waals surface area contributed by atoms with Gasteiger partial charge in [0.1, 0.15) is 0 Å². The third-order valence-electron chi connectivity index (χ3n) is 2.81. The fourth-order valence-electron chi connectivity index (χ4n) is 1.95. The van der Waals surface area contributed by atoms with Gasteiger partial charge in [-0.2, -0.15) is 0 Å². The lowest BCUT2D eigenvalue weighted by molar-refractivity contribution is 0.121. The molecule has 1 saturated heterocycles. The summed E-state index contributed by atoms with van der Waals surface area (Å²) < 4.78 is 6.52. The number of hydrogen-bond acceptors (Lipinski definition) is 3. The van der Waals surface area contributed by atoms with Gasteiger partial charge in [-0.1, -0.05) is 0 Å². The summed E-state index contributed by atoms with van der Waals surface area (Å²) in [6, 6.07) is 6.19. The van der Waals surface area contributed by atoms with E-state index in [4.69, 9.17) is 10.5 Å². The molecule has 2 rings (SSSR count). The summed E-state index contributed by atoms with van der Waals surface area (Å²) in [5, 5.41) is 0. The molecule has 1 aliphatic rings. The van der Waals surface area contributed by atoms with Crippen molar-refractivity contribution in [3.63, 3.8) is 0 Å². The molecule has 15 heavy (non-hydrogen) atoms. The lowest BCUT2D eigenvalue weighted by Crippen LogP contribution is -2.23. The van der Waals surface area contributed by atoms with Crippen molar-refractivity contribution in [2.75, 3.05) is 30.8 Å². The monoisotopic (exact) mass is 318 g/mol. The maximum Gasteiger partial charge on any atom is 0.0762 e. The van der Waals surface area contributed by atoms with Gasteiger partial charge in [0, 0.05) is 23.8 Å². The van der Waals surface area contributed by atoms with E-state index in [1.807, 2.05) is 6.07 Å². The molecule has 0 spiro atoms. The summed E-state index contributed by atoms with van der Waals surface area (Å²) in [6.07, 6.45) is 1.44. The minimum Gasteiger partial charge on any atom is -0.397 e. The van der Waals surface area contributed by atoms with E-state index in [1.165, 1.54) is 3.57 Å². The summed E-state index contributed by atoms with van der Waals surface area (Å²) in [4.78, 5) is 2.29. The molecule has 1 aromatic carbocycles. The van der Waals surface area contributed by atoms with Crippen LogP contribution >= 0.6 is 22.6 Å². The van der Waals surface area contributed by atoms with Crippen molar-refractivity contribution in [2.45, 2.75) is 12.5 Å². The summed E-state index contributed by atoms with van der Waals surface area (Å²) in [7, 11) is 1.77. The number of nitrogens with zero attached hydrogens (tertiary/aromatic N) is 1. The Balaban J connectivity index is 2.17. The van der Waals surface area contributed by atoms with Crippen molar-refractivity contribution in [3.05, 3.63) is 21.8 Å². The molecule has 1 aliphatic heterocycles. The molecular weight excluding hydrogens is 303 g/mol. The number of halogens is 1. The molecule has 1 aromatic rings. The van der Waals surface area contributed by atoms with Crippen molar-refractivity contribution in [2.24, 2.45) is 0 Å². The maximum atomic E-state index is 6.00. The Bertz CT molecular complexity index is 356. The minimum atomic E-state index is 0.351. The van der Waals surface area contributed by atoms with Crippen LogP contribution in [0.2, 0.25) is 0 Å². The van der Waals surface area contributed by atoms with E-state index < -0.39 is 0 Å². The largest absolute Gasteiger partial charge is 0.397 e. The average Bonchev–Trinajstić information content (AvgIpc) is 2.66. The Hall–Kier alpha value is -0.490. The highest BCUT2D eigenvalue weighted by Gasteiger charge is 2.23. The smallest absolute Gasteiger partial charge is 0.0762 e. The van der Waals surface area contributed by atoms with Crippen LogP contribution in [0, 0.1) is 3.57 Å². The van der Waals surface area contributed by atoms with E-state index in [2.05, 4.69) is 39.6 Å². The van der Waals surface area contributed by atoms with Gasteiger partial charge in [-0.15, -0.1) is 0 Å². The van der Waals surface area contributed by atoms with Crippen LogP contribution in [0.1, 0.15) is 6.42 Å². The molecule has 0 aliphatic carbocycles. The first-order valence-corrected chi connectivity index (χ1v) is 6.11. The van der Waals surface area contributed by atoms with E-state index in [0.29, 0.717) is 6.10 Å². The third kappa shape index (κ3) is 2.36. The van der Waals surface area contributed by atoms with Crippen LogP contribution in [0.15, 0.2) is 18.2 Å². The summed E-state index contributed by atoms with van der Waals surface area (Å²) in [5.41, 5.74) is 7.99. The SMILES string of the molecule is COC1CCN(c2ccc(I)cc2N)C1. The second kappa shape index (κ2) is 4.57. The van der Waals surface area contributed by atoms with Crippen LogP contribution < -0.4 is 10.6 Å². The van der Waals surface area contributed by atoms with E-state index in [9.17, 15) is 0 Å². The zero-order valence-electron chi connectivity index (χ0n) is 8.74. The van der Waals surface area contributed by atoms with Crippen molar-refractivity contribution in [1.29, 1.82) is 0 Å². The quantitative estimate of drug-likeness (QED) is 0.670. The van der Waals surface area contributed by atoms with Gasteiger partial charge in [-0.05, 0) is 47.2 Å². The normalized spacial score (nSPS) is 20.9. The molecule has 1 atom stereocenters. The lowest BCUT2D eigenvalue weighted by atomic mass is 10.2. The molecule has 1 unspecified atom stereocenters. The Morgan fingerprint density at radius 3 is 2.93 bits per heavy atom. The summed E-state index contributed by atoms with van der Waals surface area (Å²) in [6.45, 7) is 1.98. The van der Waals surface area contributed by atoms with Crippen LogP contribution in [-0.4, -0.2) is 26.3 Å². The van der Waals surface area contributed by atoms with Gasteiger partial charge in [0.15, 0.2) is 0 Å². The van der Waals surface area contributed by atoms with Crippen molar-refractivity contribution in [3.8, 4) is 0 Å². The molecular formula is C11H15IN2O. The molecule has 1 heterocycles. The summed E-state index contributed by atoms with van der Waals surface area (Å²) >= 11 is 2.27. The Morgan fingerprint density at radius 2 is 2.33 bits per heavy atom. The number of benzene rings is 1. The van der Waals surface area contributed by atoms with Crippen LogP contribution in [0.25, 0.3) is 0 Å². The van der Waals surface area contributed by atoms with Crippen molar-refractivity contribution in [1.82, 2.24) is 0 Å². The van der Waals surface area contributed by atoms with E-state index in [1.54, 1.807) is 7.11 Å². The first-order chi connectivity index (χ1) is 7.20. The number of anilines is 2. The van der Waals surface area contributed by atoms with Crippen molar-refractivity contribution < 1.29 is 4.74 Å². The Morgan fingerprint density at radius 1 is 1.53 bits per heavy atom. The molecule has 82 valence electrons. The molecule has 1 fully saturated rings. The minimum absolute atomic E-state index is 0.351. The molecule has 3 nitrogen and oxygen atoms in total. The number of ether oxygens (including phenoxy) is 1. The molecule has 0 amide bonds. The van der Waals surface area contributed by atoms with Gasteiger partial charge < -0.3 is 15.4 Å². The number of hydrogen-bond donors (Lipinski definition) is 1. The molecule has 4 heteroatoms. The number of rotatable bonds is 2. The first kappa shape index (κ1) is 11.0. The van der Waals surface area contributed by atoms with Crippen LogP contribution in [0.3, 0.4) is 0 Å². The van der Waals surface area contributed by atoms with Crippen molar-refractivity contribution >= 4 is 34.0 Å². The van der Waals surface area contributed by atoms with Gasteiger partial charge >= 0.3 is 0 Å². The standard InChI is InChI=1S/C11H15IN2O/c1-15-9-4-5-14(7-9)11-3-2-8(12)6-10(11)13/h2-3,6,9H,4-5,7,13H2,1H3. The van der Waals surface area contributed by atoms with E-state index >= 15 is 0 Å². The average molecular weight is 318 g/mol. The van der Waals surface area contributed by atoms with Gasteiger partial charge in [-0.25, -0.2) is 0 Å². The van der Waals surface area contributed by atoms with Gasteiger partial charge in [0.2, 0.25) is 0 Å². The van der Waals surface area contributed by atoms with Crippen LogP contribution in [0.5, 0.6) is 0 Å². The van der Waals surface area contributed by atoms with Gasteiger partial charge in [0.05, 0.1) is 17.5 Å².